The van der Waals surface area contributed by atoms with Gasteiger partial charge in [0.1, 0.15) is 0 Å². The Morgan fingerprint density at radius 2 is 2.28 bits per heavy atom. The Morgan fingerprint density at radius 3 is 3.00 bits per heavy atom. The van der Waals surface area contributed by atoms with Gasteiger partial charge in [-0.25, -0.2) is 13.4 Å². The summed E-state index contributed by atoms with van der Waals surface area (Å²) in [5.41, 5.74) is 0. The number of fused-ring (bicyclic) bond motifs is 1. The summed E-state index contributed by atoms with van der Waals surface area (Å²) in [6.07, 6.45) is 5.29. The van der Waals surface area contributed by atoms with Crippen LogP contribution >= 0.6 is 0 Å². The van der Waals surface area contributed by atoms with Crippen LogP contribution in [0.4, 0.5) is 0 Å². The molecule has 1 aromatic heterocycles. The summed E-state index contributed by atoms with van der Waals surface area (Å²) in [5, 5.41) is 0.0563. The van der Waals surface area contributed by atoms with Crippen LogP contribution in [-0.2, 0) is 10.0 Å². The minimum absolute atomic E-state index is 0.00875. The highest BCUT2D eigenvalue weighted by atomic mass is 32.2. The number of hydrogen-bond donors (Lipinski definition) is 1. The molecular weight excluding hydrogens is 252 g/mol. The van der Waals surface area contributed by atoms with E-state index in [2.05, 4.69) is 14.9 Å². The summed E-state index contributed by atoms with van der Waals surface area (Å²) in [5.74, 6) is 0. The molecule has 18 heavy (non-hydrogen) atoms. The number of hydrogen-bond acceptors (Lipinski definition) is 4. The summed E-state index contributed by atoms with van der Waals surface area (Å²) in [4.78, 5) is 8.99. The minimum Gasteiger partial charge on any atom is -0.334 e. The van der Waals surface area contributed by atoms with Crippen molar-refractivity contribution in [3.63, 3.8) is 0 Å². The van der Waals surface area contributed by atoms with Gasteiger partial charge in [0.25, 0.3) is 10.0 Å². The average molecular weight is 270 g/mol. The van der Waals surface area contributed by atoms with E-state index in [9.17, 15) is 8.42 Å². The van der Waals surface area contributed by atoms with Crippen molar-refractivity contribution in [2.24, 2.45) is 0 Å². The first-order valence-electron chi connectivity index (χ1n) is 6.34. The predicted octanol–water partition coefficient (Wildman–Crippen LogP) is 0.267. The van der Waals surface area contributed by atoms with Crippen LogP contribution in [0.15, 0.2) is 17.6 Å². The molecule has 1 N–H and O–H groups in total. The zero-order valence-corrected chi connectivity index (χ0v) is 11.2. The molecule has 2 saturated heterocycles. The van der Waals surface area contributed by atoms with Crippen LogP contribution in [0, 0.1) is 0 Å². The maximum atomic E-state index is 12.5. The third-order valence-corrected chi connectivity index (χ3v) is 5.74. The van der Waals surface area contributed by atoms with Crippen LogP contribution in [0.1, 0.15) is 19.8 Å². The first kappa shape index (κ1) is 12.1. The molecule has 3 rings (SSSR count). The predicted molar refractivity (Wildman–Crippen MR) is 66.5 cm³/mol. The number of rotatable bonds is 2. The molecular formula is C11H18N4O2S. The Balaban J connectivity index is 1.88. The number of aromatic nitrogens is 2. The first-order chi connectivity index (χ1) is 8.59. The van der Waals surface area contributed by atoms with E-state index in [0.717, 1.165) is 19.5 Å². The second-order valence-corrected chi connectivity index (χ2v) is 6.91. The maximum Gasteiger partial charge on any atom is 0.277 e. The highest BCUT2D eigenvalue weighted by Gasteiger charge is 2.41. The number of nitrogens with one attached hydrogen (secondary N) is 1. The average Bonchev–Trinajstić information content (AvgIpc) is 2.98. The van der Waals surface area contributed by atoms with Gasteiger partial charge in [-0.1, -0.05) is 0 Å². The number of imidazole rings is 1. The highest BCUT2D eigenvalue weighted by Crippen LogP contribution is 2.27. The van der Waals surface area contributed by atoms with Crippen molar-refractivity contribution in [1.82, 2.24) is 19.2 Å². The van der Waals surface area contributed by atoms with Crippen molar-refractivity contribution >= 4 is 10.0 Å². The third-order valence-electron chi connectivity index (χ3n) is 3.91. The largest absolute Gasteiger partial charge is 0.334 e. The minimum atomic E-state index is -3.47. The Morgan fingerprint density at radius 1 is 1.44 bits per heavy atom. The van der Waals surface area contributed by atoms with Crippen LogP contribution in [0.5, 0.6) is 0 Å². The van der Waals surface area contributed by atoms with E-state index >= 15 is 0 Å². The molecule has 0 aromatic carbocycles. The van der Waals surface area contributed by atoms with Gasteiger partial charge >= 0.3 is 0 Å². The topological polar surface area (TPSA) is 69.3 Å². The van der Waals surface area contributed by atoms with Gasteiger partial charge in [-0.15, -0.1) is 0 Å². The fraction of sp³-hybridized carbons (Fsp3) is 0.727. The van der Waals surface area contributed by atoms with Gasteiger partial charge in [-0.2, -0.15) is 4.31 Å². The summed E-state index contributed by atoms with van der Waals surface area (Å²) in [7, 11) is -3.47. The van der Waals surface area contributed by atoms with Crippen molar-refractivity contribution in [3.8, 4) is 0 Å². The lowest BCUT2D eigenvalue weighted by Gasteiger charge is -2.40. The van der Waals surface area contributed by atoms with Crippen LogP contribution in [0.2, 0.25) is 0 Å². The number of piperazine rings is 1. The second-order valence-electron chi connectivity index (χ2n) is 5.11. The molecule has 1 aromatic rings. The van der Waals surface area contributed by atoms with Gasteiger partial charge in [-0.3, -0.25) is 4.90 Å². The highest BCUT2D eigenvalue weighted by molar-refractivity contribution is 7.89. The van der Waals surface area contributed by atoms with E-state index in [1.54, 1.807) is 10.5 Å². The number of nitrogens with zero attached hydrogens (tertiary/aromatic N) is 3. The van der Waals surface area contributed by atoms with Gasteiger partial charge in [0, 0.05) is 37.6 Å². The lowest BCUT2D eigenvalue weighted by Crippen LogP contribution is -2.56. The standard InChI is InChI=1S/C11H18N4O2S/c1-9-7-14-6-2-3-10(14)8-15(9)18(16,17)11-12-4-5-13-11/h4-5,9-10H,2-3,6-8H2,1H3,(H,12,13). The smallest absolute Gasteiger partial charge is 0.277 e. The summed E-state index contributed by atoms with van der Waals surface area (Å²) in [6.45, 7) is 4.48. The molecule has 2 fully saturated rings. The number of aromatic amines is 1. The normalized spacial score (nSPS) is 30.5. The molecule has 3 heterocycles. The Kier molecular flexibility index (Phi) is 2.91. The number of sulfonamides is 1. The van der Waals surface area contributed by atoms with Crippen molar-refractivity contribution < 1.29 is 8.42 Å². The van der Waals surface area contributed by atoms with E-state index in [4.69, 9.17) is 0 Å². The van der Waals surface area contributed by atoms with Crippen LogP contribution in [0.3, 0.4) is 0 Å². The zero-order chi connectivity index (χ0) is 12.8. The van der Waals surface area contributed by atoms with E-state index in [-0.39, 0.29) is 11.2 Å². The van der Waals surface area contributed by atoms with Gasteiger partial charge < -0.3 is 4.98 Å². The molecule has 7 heteroatoms. The van der Waals surface area contributed by atoms with Gasteiger partial charge in [0.15, 0.2) is 0 Å². The van der Waals surface area contributed by atoms with Crippen molar-refractivity contribution in [1.29, 1.82) is 0 Å². The summed E-state index contributed by atoms with van der Waals surface area (Å²) in [6, 6.07) is 0.389. The van der Waals surface area contributed by atoms with Gasteiger partial charge in [0.05, 0.1) is 0 Å². The van der Waals surface area contributed by atoms with Crippen molar-refractivity contribution in [3.05, 3.63) is 12.4 Å². The monoisotopic (exact) mass is 270 g/mol. The second kappa shape index (κ2) is 4.32. The molecule has 100 valence electrons. The fourth-order valence-electron chi connectivity index (χ4n) is 3.00. The van der Waals surface area contributed by atoms with Crippen molar-refractivity contribution in [2.75, 3.05) is 19.6 Å². The van der Waals surface area contributed by atoms with Crippen LogP contribution < -0.4 is 0 Å². The Labute approximate surface area is 107 Å². The molecule has 0 radical (unpaired) electrons. The molecule has 0 bridgehead atoms. The number of H-pyrrole nitrogens is 1. The Bertz CT molecular complexity index is 513. The van der Waals surface area contributed by atoms with Crippen LogP contribution in [-0.4, -0.2) is 59.3 Å². The summed E-state index contributed by atoms with van der Waals surface area (Å²) >= 11 is 0. The summed E-state index contributed by atoms with van der Waals surface area (Å²) < 4.78 is 26.5. The van der Waals surface area contributed by atoms with E-state index in [1.165, 1.54) is 12.6 Å². The van der Waals surface area contributed by atoms with E-state index < -0.39 is 10.0 Å². The van der Waals surface area contributed by atoms with Gasteiger partial charge in [-0.05, 0) is 26.3 Å². The molecule has 0 aliphatic carbocycles. The first-order valence-corrected chi connectivity index (χ1v) is 7.78. The van der Waals surface area contributed by atoms with Crippen LogP contribution in [0.25, 0.3) is 0 Å². The quantitative estimate of drug-likeness (QED) is 0.837. The SMILES string of the molecule is CC1CN2CCCC2CN1S(=O)(=O)c1ncc[nH]1. The molecule has 6 nitrogen and oxygen atoms in total. The lowest BCUT2D eigenvalue weighted by molar-refractivity contribution is 0.116. The zero-order valence-electron chi connectivity index (χ0n) is 10.4. The van der Waals surface area contributed by atoms with Crippen molar-refractivity contribution in [2.45, 2.75) is 37.0 Å². The van der Waals surface area contributed by atoms with Gasteiger partial charge in [0.2, 0.25) is 5.16 Å². The molecule has 2 aliphatic rings. The molecule has 0 amide bonds. The third kappa shape index (κ3) is 1.86. The van der Waals surface area contributed by atoms with E-state index in [0.29, 0.717) is 12.6 Å². The molecule has 2 atom stereocenters. The maximum absolute atomic E-state index is 12.5. The van der Waals surface area contributed by atoms with E-state index in [1.807, 2.05) is 6.92 Å². The Hall–Kier alpha value is -0.920. The molecule has 0 saturated carbocycles. The molecule has 2 unspecified atom stereocenters. The molecule has 2 aliphatic heterocycles. The fourth-order valence-corrected chi connectivity index (χ4v) is 4.54. The molecule has 0 spiro atoms. The lowest BCUT2D eigenvalue weighted by atomic mass is 10.1.